The zero-order valence-electron chi connectivity index (χ0n) is 13.7. The zero-order valence-corrected chi connectivity index (χ0v) is 13.7. The Morgan fingerprint density at radius 3 is 2.56 bits per heavy atom. The number of hydrogen-bond donors (Lipinski definition) is 2. The van der Waals surface area contributed by atoms with Gasteiger partial charge in [0.1, 0.15) is 0 Å². The number of fused-ring (bicyclic) bond motifs is 1. The summed E-state index contributed by atoms with van der Waals surface area (Å²) in [5, 5.41) is 9.29. The molecule has 0 aromatic heterocycles. The fourth-order valence-electron chi connectivity index (χ4n) is 2.47. The topological polar surface area (TPSA) is 53.5 Å². The first-order chi connectivity index (χ1) is 12.3. The van der Waals surface area contributed by atoms with Crippen molar-refractivity contribution < 1.29 is 4.79 Å². The lowest BCUT2D eigenvalue weighted by Crippen LogP contribution is -2.25. The van der Waals surface area contributed by atoms with Crippen molar-refractivity contribution in [2.75, 3.05) is 11.9 Å². The molecule has 0 aliphatic carbocycles. The number of carbonyl (C=O) groups is 1. The van der Waals surface area contributed by atoms with Gasteiger partial charge in [-0.2, -0.15) is 5.10 Å². The average molecular weight is 329 g/mol. The van der Waals surface area contributed by atoms with Crippen LogP contribution in [-0.2, 0) is 4.79 Å². The van der Waals surface area contributed by atoms with Gasteiger partial charge in [-0.25, -0.2) is 5.43 Å². The van der Waals surface area contributed by atoms with Crippen molar-refractivity contribution in [1.82, 2.24) is 5.43 Å². The molecule has 0 radical (unpaired) electrons. The van der Waals surface area contributed by atoms with Crippen molar-refractivity contribution in [3.63, 3.8) is 0 Å². The van der Waals surface area contributed by atoms with Gasteiger partial charge in [0.25, 0.3) is 5.91 Å². The van der Waals surface area contributed by atoms with Gasteiger partial charge >= 0.3 is 0 Å². The van der Waals surface area contributed by atoms with Crippen molar-refractivity contribution >= 4 is 34.7 Å². The molecule has 0 heterocycles. The number of rotatable bonds is 6. The molecule has 0 fully saturated rings. The minimum absolute atomic E-state index is 0.160. The fraction of sp³-hybridized carbons (Fsp3) is 0.0476. The Hall–Kier alpha value is -3.40. The highest BCUT2D eigenvalue weighted by atomic mass is 16.2. The quantitative estimate of drug-likeness (QED) is 0.529. The summed E-state index contributed by atoms with van der Waals surface area (Å²) < 4.78 is 0. The molecule has 0 aliphatic rings. The molecule has 0 bridgehead atoms. The van der Waals surface area contributed by atoms with Crippen molar-refractivity contribution in [1.29, 1.82) is 0 Å². The molecule has 4 nitrogen and oxygen atoms in total. The lowest BCUT2D eigenvalue weighted by atomic mass is 10.1. The van der Waals surface area contributed by atoms with Gasteiger partial charge in [0.15, 0.2) is 0 Å². The number of hydrogen-bond acceptors (Lipinski definition) is 3. The Morgan fingerprint density at radius 2 is 1.68 bits per heavy atom. The van der Waals surface area contributed by atoms with Gasteiger partial charge in [-0.3, -0.25) is 4.79 Å². The van der Waals surface area contributed by atoms with Gasteiger partial charge in [0.05, 0.1) is 6.54 Å². The van der Waals surface area contributed by atoms with Crippen LogP contribution in [0, 0.1) is 0 Å². The number of nitrogens with zero attached hydrogens (tertiary/aromatic N) is 1. The third-order valence-corrected chi connectivity index (χ3v) is 3.67. The maximum absolute atomic E-state index is 11.9. The SMILES string of the molecule is O=C(CNc1cccc2ccccc12)N/N=C/C=C/c1ccccc1. The smallest absolute Gasteiger partial charge is 0.259 e. The summed E-state index contributed by atoms with van der Waals surface area (Å²) in [6.45, 7) is 0.160. The lowest BCUT2D eigenvalue weighted by molar-refractivity contribution is -0.119. The maximum Gasteiger partial charge on any atom is 0.259 e. The number of amides is 1. The maximum atomic E-state index is 11.9. The second-order valence-electron chi connectivity index (χ2n) is 5.46. The molecule has 4 heteroatoms. The van der Waals surface area contributed by atoms with Crippen LogP contribution < -0.4 is 10.7 Å². The monoisotopic (exact) mass is 329 g/mol. The molecule has 25 heavy (non-hydrogen) atoms. The van der Waals surface area contributed by atoms with E-state index in [0.717, 1.165) is 22.0 Å². The molecule has 0 atom stereocenters. The fourth-order valence-corrected chi connectivity index (χ4v) is 2.47. The Kier molecular flexibility index (Phi) is 5.56. The second-order valence-corrected chi connectivity index (χ2v) is 5.46. The lowest BCUT2D eigenvalue weighted by Gasteiger charge is -2.08. The largest absolute Gasteiger partial charge is 0.376 e. The third kappa shape index (κ3) is 4.78. The van der Waals surface area contributed by atoms with Crippen LogP contribution in [0.4, 0.5) is 5.69 Å². The molecule has 124 valence electrons. The van der Waals surface area contributed by atoms with Crippen molar-refractivity contribution in [3.05, 3.63) is 84.4 Å². The predicted molar refractivity (Wildman–Crippen MR) is 105 cm³/mol. The van der Waals surface area contributed by atoms with Crippen molar-refractivity contribution in [3.8, 4) is 0 Å². The molecular weight excluding hydrogens is 310 g/mol. The summed E-state index contributed by atoms with van der Waals surface area (Å²) in [7, 11) is 0. The van der Waals surface area contributed by atoms with Crippen molar-refractivity contribution in [2.24, 2.45) is 5.10 Å². The highest BCUT2D eigenvalue weighted by Crippen LogP contribution is 2.22. The van der Waals surface area contributed by atoms with E-state index in [9.17, 15) is 4.79 Å². The van der Waals surface area contributed by atoms with Gasteiger partial charge in [0, 0.05) is 17.3 Å². The zero-order chi connectivity index (χ0) is 17.3. The third-order valence-electron chi connectivity index (χ3n) is 3.67. The van der Waals surface area contributed by atoms with E-state index >= 15 is 0 Å². The number of carbonyl (C=O) groups excluding carboxylic acids is 1. The Morgan fingerprint density at radius 1 is 0.920 bits per heavy atom. The molecule has 1 amide bonds. The molecule has 3 rings (SSSR count). The van der Waals surface area contributed by atoms with E-state index in [1.165, 1.54) is 0 Å². The highest BCUT2D eigenvalue weighted by molar-refractivity contribution is 5.95. The summed E-state index contributed by atoms with van der Waals surface area (Å²) in [6, 6.07) is 23.9. The number of hydrazone groups is 1. The van der Waals surface area contributed by atoms with E-state index in [1.54, 1.807) is 12.3 Å². The van der Waals surface area contributed by atoms with Gasteiger partial charge in [-0.1, -0.05) is 72.8 Å². The molecular formula is C21H19N3O. The van der Waals surface area contributed by atoms with Crippen LogP contribution in [0.15, 0.2) is 84.0 Å². The molecule has 0 spiro atoms. The molecule has 0 saturated carbocycles. The Balaban J connectivity index is 1.49. The van der Waals surface area contributed by atoms with E-state index in [4.69, 9.17) is 0 Å². The van der Waals surface area contributed by atoms with Crippen LogP contribution in [-0.4, -0.2) is 18.7 Å². The Bertz CT molecular complexity index is 896. The van der Waals surface area contributed by atoms with Crippen LogP contribution in [0.2, 0.25) is 0 Å². The molecule has 0 unspecified atom stereocenters. The van der Waals surface area contributed by atoms with Crippen molar-refractivity contribution in [2.45, 2.75) is 0 Å². The minimum Gasteiger partial charge on any atom is -0.376 e. The van der Waals surface area contributed by atoms with Crippen LogP contribution in [0.3, 0.4) is 0 Å². The second kappa shape index (κ2) is 8.45. The van der Waals surface area contributed by atoms with E-state index < -0.39 is 0 Å². The predicted octanol–water partition coefficient (Wildman–Crippen LogP) is 4.07. The summed E-state index contributed by atoms with van der Waals surface area (Å²) in [4.78, 5) is 11.9. The van der Waals surface area contributed by atoms with Crippen LogP contribution in [0.5, 0.6) is 0 Å². The average Bonchev–Trinajstić information content (AvgIpc) is 2.67. The number of nitrogens with one attached hydrogen (secondary N) is 2. The standard InChI is InChI=1S/C21H19N3O/c25-21(24-23-15-7-10-17-8-2-1-3-9-17)16-22-20-14-6-12-18-11-4-5-13-19(18)20/h1-15,22H,16H2,(H,24,25)/b10-7+,23-15+. The molecule has 0 aliphatic heterocycles. The Labute approximate surface area is 146 Å². The van der Waals surface area contributed by atoms with E-state index in [-0.39, 0.29) is 12.5 Å². The molecule has 0 saturated heterocycles. The van der Waals surface area contributed by atoms with Crippen LogP contribution >= 0.6 is 0 Å². The van der Waals surface area contributed by atoms with Crippen LogP contribution in [0.1, 0.15) is 5.56 Å². The van der Waals surface area contributed by atoms with Gasteiger partial charge in [-0.05, 0) is 23.1 Å². The van der Waals surface area contributed by atoms with Gasteiger partial charge in [0.2, 0.25) is 0 Å². The molecule has 2 N–H and O–H groups in total. The molecule has 3 aromatic rings. The summed E-state index contributed by atoms with van der Waals surface area (Å²) >= 11 is 0. The minimum atomic E-state index is -0.197. The highest BCUT2D eigenvalue weighted by Gasteiger charge is 2.02. The van der Waals surface area contributed by atoms with E-state index in [0.29, 0.717) is 0 Å². The summed E-state index contributed by atoms with van der Waals surface area (Å²) in [5.41, 5.74) is 4.52. The first-order valence-electron chi connectivity index (χ1n) is 8.08. The van der Waals surface area contributed by atoms with E-state index in [2.05, 4.69) is 15.8 Å². The number of anilines is 1. The molecule has 3 aromatic carbocycles. The normalized spacial score (nSPS) is 11.2. The number of allylic oxidation sites excluding steroid dienone is 1. The summed E-state index contributed by atoms with van der Waals surface area (Å²) in [6.07, 6.45) is 5.26. The number of benzene rings is 3. The van der Waals surface area contributed by atoms with E-state index in [1.807, 2.05) is 78.9 Å². The van der Waals surface area contributed by atoms with Gasteiger partial charge in [-0.15, -0.1) is 0 Å². The summed E-state index contributed by atoms with van der Waals surface area (Å²) in [5.74, 6) is -0.197. The van der Waals surface area contributed by atoms with Crippen LogP contribution in [0.25, 0.3) is 16.8 Å². The van der Waals surface area contributed by atoms with Gasteiger partial charge < -0.3 is 5.32 Å². The first kappa shape index (κ1) is 16.5. The first-order valence-corrected chi connectivity index (χ1v) is 8.08.